The van der Waals surface area contributed by atoms with Gasteiger partial charge in [-0.05, 0) is 160 Å². The van der Waals surface area contributed by atoms with Gasteiger partial charge in [0.1, 0.15) is 0 Å². The Labute approximate surface area is 388 Å². The van der Waals surface area contributed by atoms with Crippen LogP contribution in [0.25, 0.3) is 66.1 Å². The molecule has 0 bridgehead atoms. The molecule has 0 radical (unpaired) electrons. The minimum atomic E-state index is -0.475. The van der Waals surface area contributed by atoms with Crippen LogP contribution < -0.4 is 4.90 Å². The van der Waals surface area contributed by atoms with Crippen LogP contribution in [0.1, 0.15) is 73.9 Å². The van der Waals surface area contributed by atoms with Gasteiger partial charge in [0, 0.05) is 16.9 Å². The topological polar surface area (TPSA) is 3.24 Å². The number of anilines is 3. The van der Waals surface area contributed by atoms with Gasteiger partial charge in [0.2, 0.25) is 0 Å². The van der Waals surface area contributed by atoms with Gasteiger partial charge >= 0.3 is 0 Å². The Morgan fingerprint density at radius 3 is 1.50 bits per heavy atom. The van der Waals surface area contributed by atoms with Crippen LogP contribution in [-0.2, 0) is 16.2 Å². The number of hydrogen-bond donors (Lipinski definition) is 0. The molecule has 3 aliphatic rings. The largest absolute Gasteiger partial charge is 0.310 e. The van der Waals surface area contributed by atoms with Gasteiger partial charge in [-0.3, -0.25) is 0 Å². The molecule has 66 heavy (non-hydrogen) atoms. The summed E-state index contributed by atoms with van der Waals surface area (Å²) in [6.07, 6.45) is 2.35. The smallest absolute Gasteiger partial charge is 0.0726 e. The summed E-state index contributed by atoms with van der Waals surface area (Å²) in [5.41, 5.74) is 21.6. The number of fused-ring (bicyclic) bond motifs is 14. The molecule has 3 aliphatic carbocycles. The minimum Gasteiger partial charge on any atom is -0.310 e. The Balaban J connectivity index is 1.09. The van der Waals surface area contributed by atoms with Gasteiger partial charge in [-0.1, -0.05) is 198 Å². The van der Waals surface area contributed by atoms with E-state index in [1.54, 1.807) is 0 Å². The van der Waals surface area contributed by atoms with Gasteiger partial charge in [0.25, 0.3) is 0 Å². The molecule has 0 atom stereocenters. The third-order valence-corrected chi connectivity index (χ3v) is 15.7. The maximum atomic E-state index is 2.58. The van der Waals surface area contributed by atoms with Crippen molar-refractivity contribution in [3.8, 4) is 44.5 Å². The Kier molecular flexibility index (Phi) is 8.41. The molecule has 0 heterocycles. The lowest BCUT2D eigenvalue weighted by atomic mass is 9.63. The summed E-state index contributed by atoms with van der Waals surface area (Å²) in [7, 11) is 0. The fraction of sp³-hybridized carbons (Fsp3) is 0.138. The van der Waals surface area contributed by atoms with Gasteiger partial charge in [-0.25, -0.2) is 0 Å². The maximum Gasteiger partial charge on any atom is 0.0726 e. The van der Waals surface area contributed by atoms with Crippen molar-refractivity contribution >= 4 is 38.6 Å². The molecule has 13 rings (SSSR count). The van der Waals surface area contributed by atoms with Crippen LogP contribution in [0, 0.1) is 0 Å². The van der Waals surface area contributed by atoms with E-state index < -0.39 is 5.41 Å². The summed E-state index contributed by atoms with van der Waals surface area (Å²) in [6.45, 7) is 9.74. The second kappa shape index (κ2) is 14.3. The first kappa shape index (κ1) is 38.9. The molecule has 316 valence electrons. The van der Waals surface area contributed by atoms with Gasteiger partial charge in [0.15, 0.2) is 0 Å². The molecule has 0 saturated carbocycles. The Morgan fingerprint density at radius 2 is 0.833 bits per heavy atom. The van der Waals surface area contributed by atoms with Crippen molar-refractivity contribution in [2.24, 2.45) is 0 Å². The van der Waals surface area contributed by atoms with Crippen LogP contribution >= 0.6 is 0 Å². The summed E-state index contributed by atoms with van der Waals surface area (Å²) in [4.78, 5) is 2.52. The molecular formula is C65H51N. The predicted octanol–water partition coefficient (Wildman–Crippen LogP) is 17.5. The van der Waals surface area contributed by atoms with Crippen molar-refractivity contribution in [3.63, 3.8) is 0 Å². The predicted molar refractivity (Wildman–Crippen MR) is 279 cm³/mol. The molecule has 1 spiro atoms. The second-order valence-corrected chi connectivity index (χ2v) is 20.2. The highest BCUT2D eigenvalue weighted by Crippen LogP contribution is 2.64. The molecule has 1 nitrogen and oxygen atoms in total. The first-order valence-corrected chi connectivity index (χ1v) is 23.7. The second-order valence-electron chi connectivity index (χ2n) is 20.2. The van der Waals surface area contributed by atoms with E-state index in [0.717, 1.165) is 17.8 Å². The normalized spacial score (nSPS) is 15.5. The Morgan fingerprint density at radius 1 is 0.318 bits per heavy atom. The highest BCUT2D eigenvalue weighted by atomic mass is 15.1. The highest BCUT2D eigenvalue weighted by Gasteiger charge is 2.52. The van der Waals surface area contributed by atoms with E-state index in [1.807, 2.05) is 0 Å². The highest BCUT2D eigenvalue weighted by molar-refractivity contribution is 6.14. The average molecular weight is 846 g/mol. The van der Waals surface area contributed by atoms with E-state index in [0.29, 0.717) is 0 Å². The van der Waals surface area contributed by atoms with E-state index in [2.05, 4.69) is 245 Å². The van der Waals surface area contributed by atoms with E-state index in [-0.39, 0.29) is 10.8 Å². The van der Waals surface area contributed by atoms with Crippen molar-refractivity contribution < 1.29 is 0 Å². The van der Waals surface area contributed by atoms with E-state index >= 15 is 0 Å². The SMILES string of the molecule is CC1(C)CCC(C)(C)c2cc(-c3cc4c(cc3N(c3ccccc3)c3ccc(-c5cc6ccccc6c6ccccc56)cc3)C3(c5ccccc5-c5ccccc53)c3ccccc3-4)ccc21. The zero-order valence-electron chi connectivity index (χ0n) is 38.1. The number of nitrogens with zero attached hydrogens (tertiary/aromatic N) is 1. The first-order chi connectivity index (χ1) is 32.2. The number of para-hydroxylation sites is 1. The van der Waals surface area contributed by atoms with Gasteiger partial charge in [-0.15, -0.1) is 0 Å². The third-order valence-electron chi connectivity index (χ3n) is 15.7. The summed E-state index contributed by atoms with van der Waals surface area (Å²) >= 11 is 0. The molecule has 10 aromatic rings. The average Bonchev–Trinajstić information content (AvgIpc) is 3.82. The van der Waals surface area contributed by atoms with Crippen molar-refractivity contribution in [1.29, 1.82) is 0 Å². The Bertz CT molecular complexity index is 3540. The molecule has 0 fully saturated rings. The molecule has 0 saturated heterocycles. The van der Waals surface area contributed by atoms with Crippen LogP contribution in [0.3, 0.4) is 0 Å². The summed E-state index contributed by atoms with van der Waals surface area (Å²) in [5, 5.41) is 5.09. The van der Waals surface area contributed by atoms with Gasteiger partial charge in [0.05, 0.1) is 11.1 Å². The fourth-order valence-electron chi connectivity index (χ4n) is 12.4. The molecule has 1 heteroatoms. The monoisotopic (exact) mass is 845 g/mol. The van der Waals surface area contributed by atoms with Crippen LogP contribution in [-0.4, -0.2) is 0 Å². The van der Waals surface area contributed by atoms with Crippen molar-refractivity contribution in [3.05, 3.63) is 246 Å². The van der Waals surface area contributed by atoms with Crippen LogP contribution in [0.5, 0.6) is 0 Å². The van der Waals surface area contributed by atoms with E-state index in [9.17, 15) is 0 Å². The fourth-order valence-corrected chi connectivity index (χ4v) is 12.4. The van der Waals surface area contributed by atoms with Gasteiger partial charge in [-0.2, -0.15) is 0 Å². The molecule has 0 amide bonds. The number of rotatable bonds is 5. The quantitative estimate of drug-likeness (QED) is 0.156. The molecule has 10 aromatic carbocycles. The van der Waals surface area contributed by atoms with Crippen LogP contribution in [0.2, 0.25) is 0 Å². The van der Waals surface area contributed by atoms with E-state index in [4.69, 9.17) is 0 Å². The molecular weight excluding hydrogens is 795 g/mol. The van der Waals surface area contributed by atoms with Crippen molar-refractivity contribution in [2.45, 2.75) is 56.8 Å². The summed E-state index contributed by atoms with van der Waals surface area (Å²) in [5.74, 6) is 0. The number of benzene rings is 10. The zero-order chi connectivity index (χ0) is 44.4. The maximum absolute atomic E-state index is 2.58. The zero-order valence-corrected chi connectivity index (χ0v) is 38.1. The Hall–Kier alpha value is -7.48. The molecule has 0 unspecified atom stereocenters. The van der Waals surface area contributed by atoms with Crippen LogP contribution in [0.15, 0.2) is 212 Å². The van der Waals surface area contributed by atoms with Crippen molar-refractivity contribution in [1.82, 2.24) is 0 Å². The lowest BCUT2D eigenvalue weighted by Crippen LogP contribution is -2.33. The lowest BCUT2D eigenvalue weighted by molar-refractivity contribution is 0.332. The van der Waals surface area contributed by atoms with Crippen molar-refractivity contribution in [2.75, 3.05) is 4.90 Å². The van der Waals surface area contributed by atoms with Crippen LogP contribution in [0.4, 0.5) is 17.1 Å². The molecule has 0 aromatic heterocycles. The first-order valence-electron chi connectivity index (χ1n) is 23.7. The third kappa shape index (κ3) is 5.53. The number of hydrogen-bond acceptors (Lipinski definition) is 1. The minimum absolute atomic E-state index is 0.0631. The standard InChI is InChI=1S/C65H51N/c1-63(2)36-37-64(3,4)61-39-44(32-35-59(61)63)54-40-55-52-26-14-17-29-58(52)65(56-27-15-12-24-50(56)51-25-13-16-28-57(51)65)60(55)41-62(54)66(45-19-6-5-7-20-45)46-33-30-42(31-34-46)53-38-43-18-8-9-21-47(43)48-22-10-11-23-49(48)53/h5-35,38-41H,36-37H2,1-4H3. The molecule has 0 aliphatic heterocycles. The molecule has 0 N–H and O–H groups in total. The summed E-state index contributed by atoms with van der Waals surface area (Å²) in [6, 6.07) is 80.4. The van der Waals surface area contributed by atoms with Gasteiger partial charge < -0.3 is 4.90 Å². The summed E-state index contributed by atoms with van der Waals surface area (Å²) < 4.78 is 0. The lowest BCUT2D eigenvalue weighted by Gasteiger charge is -2.42. The van der Waals surface area contributed by atoms with E-state index in [1.165, 1.54) is 112 Å².